The Balaban J connectivity index is 2.58. The van der Waals surface area contributed by atoms with Gasteiger partial charge >= 0.3 is 0 Å². The van der Waals surface area contributed by atoms with Gasteiger partial charge < -0.3 is 9.84 Å². The Morgan fingerprint density at radius 1 is 1.22 bits per heavy atom. The van der Waals surface area contributed by atoms with Gasteiger partial charge in [0.15, 0.2) is 0 Å². The molecule has 0 spiro atoms. The molecule has 1 rings (SSSR count). The van der Waals surface area contributed by atoms with Gasteiger partial charge in [0, 0.05) is 0 Å². The zero-order valence-electron chi connectivity index (χ0n) is 10.1. The van der Waals surface area contributed by atoms with E-state index in [1.54, 1.807) is 0 Å². The third kappa shape index (κ3) is 5.15. The molecule has 0 aliphatic heterocycles. The van der Waals surface area contributed by atoms with E-state index in [1.165, 1.54) is 18.2 Å². The van der Waals surface area contributed by atoms with Gasteiger partial charge in [-0.1, -0.05) is 11.8 Å². The number of halogens is 2. The Morgan fingerprint density at radius 3 is 2.78 bits per heavy atom. The summed E-state index contributed by atoms with van der Waals surface area (Å²) in [6, 6.07) is 4.06. The first kappa shape index (κ1) is 14.5. The first-order valence-corrected chi connectivity index (χ1v) is 5.86. The van der Waals surface area contributed by atoms with E-state index in [0.717, 1.165) is 12.8 Å². The minimum absolute atomic E-state index is 0.285. The average molecular weight is 254 g/mol. The van der Waals surface area contributed by atoms with Gasteiger partial charge in [0.25, 0.3) is 0 Å². The number of aliphatic hydroxyl groups excluding tert-OH is 1. The number of aliphatic hydroxyl groups is 1. The van der Waals surface area contributed by atoms with Crippen LogP contribution in [0.25, 0.3) is 0 Å². The lowest BCUT2D eigenvalue weighted by Gasteiger charge is -2.08. The Morgan fingerprint density at radius 2 is 2.06 bits per heavy atom. The average Bonchev–Trinajstić information content (AvgIpc) is 2.38. The lowest BCUT2D eigenvalue weighted by atomic mass is 10.2. The molecule has 4 heteroatoms. The maximum absolute atomic E-state index is 13.0. The van der Waals surface area contributed by atoms with E-state index in [2.05, 4.69) is 11.8 Å². The predicted molar refractivity (Wildman–Crippen MR) is 65.7 cm³/mol. The van der Waals surface area contributed by atoms with Crippen molar-refractivity contribution in [3.63, 3.8) is 0 Å². The van der Waals surface area contributed by atoms with E-state index in [4.69, 9.17) is 9.84 Å². The van der Waals surface area contributed by atoms with Crippen LogP contribution in [0.1, 0.15) is 24.8 Å². The Labute approximate surface area is 106 Å². The molecule has 0 unspecified atom stereocenters. The first-order chi connectivity index (χ1) is 8.77. The SMILES string of the molecule is OCC#Cc1cc(F)ccc1OCCCCCF. The molecule has 98 valence electrons. The Hall–Kier alpha value is -1.60. The zero-order chi connectivity index (χ0) is 13.2. The number of rotatable bonds is 6. The van der Waals surface area contributed by atoms with E-state index in [1.807, 2.05) is 0 Å². The van der Waals surface area contributed by atoms with Crippen LogP contribution in [0.15, 0.2) is 18.2 Å². The molecule has 1 N–H and O–H groups in total. The van der Waals surface area contributed by atoms with Gasteiger partial charge in [0.1, 0.15) is 18.2 Å². The summed E-state index contributed by atoms with van der Waals surface area (Å²) in [7, 11) is 0. The lowest BCUT2D eigenvalue weighted by Crippen LogP contribution is -1.99. The standard InChI is InChI=1S/C14H16F2O2/c15-8-2-1-3-10-18-14-7-6-13(16)11-12(14)5-4-9-17/h6-7,11,17H,1-3,8-10H2. The summed E-state index contributed by atoms with van der Waals surface area (Å²) < 4.78 is 30.4. The quantitative estimate of drug-likeness (QED) is 0.624. The van der Waals surface area contributed by atoms with Crippen molar-refractivity contribution in [3.8, 4) is 17.6 Å². The topological polar surface area (TPSA) is 29.5 Å². The van der Waals surface area contributed by atoms with Crippen molar-refractivity contribution in [1.82, 2.24) is 0 Å². The van der Waals surface area contributed by atoms with Gasteiger partial charge in [-0.05, 0) is 37.5 Å². The summed E-state index contributed by atoms with van der Waals surface area (Å²) in [6.07, 6.45) is 2.04. The normalized spacial score (nSPS) is 9.72. The first-order valence-electron chi connectivity index (χ1n) is 5.86. The van der Waals surface area contributed by atoms with Crippen LogP contribution in [0, 0.1) is 17.7 Å². The lowest BCUT2D eigenvalue weighted by molar-refractivity contribution is 0.300. The van der Waals surface area contributed by atoms with Crippen molar-refractivity contribution in [1.29, 1.82) is 0 Å². The van der Waals surface area contributed by atoms with E-state index in [-0.39, 0.29) is 13.3 Å². The molecule has 18 heavy (non-hydrogen) atoms. The molecule has 0 aliphatic rings. The van der Waals surface area contributed by atoms with Crippen LogP contribution in [0.4, 0.5) is 8.78 Å². The van der Waals surface area contributed by atoms with Crippen LogP contribution < -0.4 is 4.74 Å². The third-order valence-electron chi connectivity index (χ3n) is 2.28. The van der Waals surface area contributed by atoms with Gasteiger partial charge in [-0.25, -0.2) is 4.39 Å². The van der Waals surface area contributed by atoms with Gasteiger partial charge in [-0.15, -0.1) is 0 Å². The molecule has 1 aromatic carbocycles. The number of benzene rings is 1. The summed E-state index contributed by atoms with van der Waals surface area (Å²) >= 11 is 0. The fourth-order valence-corrected chi connectivity index (χ4v) is 1.42. The van der Waals surface area contributed by atoms with E-state index >= 15 is 0 Å². The molecule has 0 aliphatic carbocycles. The maximum atomic E-state index is 13.0. The Kier molecular flexibility index (Phi) is 6.82. The molecule has 0 saturated carbocycles. The number of hydrogen-bond donors (Lipinski definition) is 1. The highest BCUT2D eigenvalue weighted by Gasteiger charge is 2.03. The molecule has 0 saturated heterocycles. The molecule has 0 radical (unpaired) electrons. The molecular formula is C14H16F2O2. The van der Waals surface area contributed by atoms with Crippen molar-refractivity contribution >= 4 is 0 Å². The van der Waals surface area contributed by atoms with Gasteiger partial charge in [-0.2, -0.15) is 0 Å². The van der Waals surface area contributed by atoms with Crippen molar-refractivity contribution in [2.24, 2.45) is 0 Å². The van der Waals surface area contributed by atoms with Crippen LogP contribution in [-0.4, -0.2) is 25.0 Å². The van der Waals surface area contributed by atoms with Crippen LogP contribution in [0.2, 0.25) is 0 Å². The molecule has 0 amide bonds. The van der Waals surface area contributed by atoms with Crippen molar-refractivity contribution in [2.75, 3.05) is 19.9 Å². The van der Waals surface area contributed by atoms with E-state index in [9.17, 15) is 8.78 Å². The smallest absolute Gasteiger partial charge is 0.135 e. The second-order valence-corrected chi connectivity index (χ2v) is 3.70. The van der Waals surface area contributed by atoms with Gasteiger partial charge in [-0.3, -0.25) is 4.39 Å². The molecule has 0 heterocycles. The van der Waals surface area contributed by atoms with Gasteiger partial charge in [0.05, 0.1) is 18.8 Å². The highest BCUT2D eigenvalue weighted by atomic mass is 19.1. The van der Waals surface area contributed by atoms with Crippen molar-refractivity contribution in [2.45, 2.75) is 19.3 Å². The van der Waals surface area contributed by atoms with Crippen LogP contribution in [0.5, 0.6) is 5.75 Å². The number of ether oxygens (including phenoxy) is 1. The van der Waals surface area contributed by atoms with Gasteiger partial charge in [0.2, 0.25) is 0 Å². The maximum Gasteiger partial charge on any atom is 0.135 e. The summed E-state index contributed by atoms with van der Waals surface area (Å²) in [4.78, 5) is 0. The molecule has 0 atom stereocenters. The van der Waals surface area contributed by atoms with Crippen LogP contribution in [0.3, 0.4) is 0 Å². The molecular weight excluding hydrogens is 238 g/mol. The second-order valence-electron chi connectivity index (χ2n) is 3.70. The number of hydrogen-bond acceptors (Lipinski definition) is 2. The van der Waals surface area contributed by atoms with E-state index in [0.29, 0.717) is 24.3 Å². The minimum Gasteiger partial charge on any atom is -0.492 e. The molecule has 1 aromatic rings. The van der Waals surface area contributed by atoms with E-state index < -0.39 is 5.82 Å². The Bertz CT molecular complexity index is 422. The number of alkyl halides is 1. The van der Waals surface area contributed by atoms with Crippen molar-refractivity contribution < 1.29 is 18.6 Å². The molecule has 2 nitrogen and oxygen atoms in total. The van der Waals surface area contributed by atoms with Crippen LogP contribution >= 0.6 is 0 Å². The fourth-order valence-electron chi connectivity index (χ4n) is 1.42. The zero-order valence-corrected chi connectivity index (χ0v) is 10.1. The molecule has 0 bridgehead atoms. The minimum atomic E-state index is -0.401. The second kappa shape index (κ2) is 8.48. The van der Waals surface area contributed by atoms with Crippen molar-refractivity contribution in [3.05, 3.63) is 29.6 Å². The molecule has 0 fully saturated rings. The highest BCUT2D eigenvalue weighted by Crippen LogP contribution is 2.19. The van der Waals surface area contributed by atoms with Crippen LogP contribution in [-0.2, 0) is 0 Å². The summed E-state index contributed by atoms with van der Waals surface area (Å²) in [6.45, 7) is -0.157. The summed E-state index contributed by atoms with van der Waals surface area (Å²) in [5, 5.41) is 8.62. The summed E-state index contributed by atoms with van der Waals surface area (Å²) in [5.41, 5.74) is 0.412. The molecule has 0 aromatic heterocycles. The summed E-state index contributed by atoms with van der Waals surface area (Å²) in [5.74, 6) is 5.17. The fraction of sp³-hybridized carbons (Fsp3) is 0.429. The third-order valence-corrected chi connectivity index (χ3v) is 2.28. The number of unbranched alkanes of at least 4 members (excludes halogenated alkanes) is 2. The predicted octanol–water partition coefficient (Wildman–Crippen LogP) is 2.69. The largest absolute Gasteiger partial charge is 0.492 e. The monoisotopic (exact) mass is 254 g/mol. The highest BCUT2D eigenvalue weighted by molar-refractivity contribution is 5.46.